The number of fused-ring (bicyclic) bond motifs is 5. The summed E-state index contributed by atoms with van der Waals surface area (Å²) in [6, 6.07) is 41.9. The zero-order chi connectivity index (χ0) is 39.6. The number of rotatable bonds is 6. The second-order valence-electron chi connectivity index (χ2n) is 19.3. The van der Waals surface area contributed by atoms with E-state index in [1.807, 2.05) is 18.2 Å². The van der Waals surface area contributed by atoms with Crippen LogP contribution in [-0.2, 0) is 10.8 Å². The van der Waals surface area contributed by atoms with Crippen molar-refractivity contribution in [1.82, 2.24) is 15.0 Å². The van der Waals surface area contributed by atoms with Crippen LogP contribution in [0.2, 0.25) is 0 Å². The first-order valence-electron chi connectivity index (χ1n) is 21.8. The predicted molar refractivity (Wildman–Crippen MR) is 246 cm³/mol. The summed E-state index contributed by atoms with van der Waals surface area (Å²) in [6.07, 6.45) is 12.9. The molecule has 0 spiro atoms. The van der Waals surface area contributed by atoms with Gasteiger partial charge in [0.15, 0.2) is 17.5 Å². The quantitative estimate of drug-likeness (QED) is 0.124. The van der Waals surface area contributed by atoms with E-state index in [0.29, 0.717) is 34.9 Å². The van der Waals surface area contributed by atoms with Crippen molar-refractivity contribution >= 4 is 33.4 Å². The van der Waals surface area contributed by atoms with Gasteiger partial charge >= 0.3 is 0 Å². The van der Waals surface area contributed by atoms with Crippen LogP contribution in [0.5, 0.6) is 0 Å². The summed E-state index contributed by atoms with van der Waals surface area (Å²) in [6.45, 7) is 7.38. The number of hydrogen-bond acceptors (Lipinski definition) is 4. The summed E-state index contributed by atoms with van der Waals surface area (Å²) in [5.41, 5.74) is 9.10. The monoisotopic (exact) mass is 872 g/mol. The molecule has 5 aromatic carbocycles. The number of halogens is 1. The molecule has 58 heavy (non-hydrogen) atoms. The first-order chi connectivity index (χ1) is 28.1. The molecule has 4 fully saturated rings. The van der Waals surface area contributed by atoms with Crippen molar-refractivity contribution in [3.8, 4) is 51.4 Å². The molecule has 6 aromatic rings. The van der Waals surface area contributed by atoms with Crippen molar-refractivity contribution < 1.29 is 0 Å². The molecule has 0 radical (unpaired) electrons. The van der Waals surface area contributed by atoms with Gasteiger partial charge in [0, 0.05) is 20.6 Å². The summed E-state index contributed by atoms with van der Waals surface area (Å²) in [5, 5.41) is 12.3. The van der Waals surface area contributed by atoms with E-state index < -0.39 is 0 Å². The van der Waals surface area contributed by atoms with E-state index in [0.717, 1.165) is 49.5 Å². The van der Waals surface area contributed by atoms with Crippen LogP contribution >= 0.6 is 22.6 Å². The van der Waals surface area contributed by atoms with Crippen LogP contribution in [0.15, 0.2) is 109 Å². The molecule has 0 N–H and O–H groups in total. The Morgan fingerprint density at radius 1 is 0.500 bits per heavy atom. The van der Waals surface area contributed by atoms with Crippen LogP contribution in [0.1, 0.15) is 102 Å². The fourth-order valence-electron chi connectivity index (χ4n) is 12.7. The van der Waals surface area contributed by atoms with Crippen LogP contribution < -0.4 is 0 Å². The molecule has 1 aromatic heterocycles. The molecule has 8 atom stereocenters. The zero-order valence-corrected chi connectivity index (χ0v) is 36.3. The third kappa shape index (κ3) is 7.18. The molecule has 0 aliphatic heterocycles. The van der Waals surface area contributed by atoms with E-state index in [4.69, 9.17) is 15.0 Å². The molecule has 4 bridgehead atoms. The topological polar surface area (TPSA) is 62.5 Å². The molecular weight excluding hydrogens is 820 g/mol. The normalized spacial score (nSPS) is 29.2. The minimum Gasteiger partial charge on any atom is -0.208 e. The van der Waals surface area contributed by atoms with Gasteiger partial charge in [-0.1, -0.05) is 122 Å². The van der Waals surface area contributed by atoms with Gasteiger partial charge in [-0.3, -0.25) is 0 Å². The largest absolute Gasteiger partial charge is 0.208 e. The molecule has 4 nitrogen and oxygen atoms in total. The smallest absolute Gasteiger partial charge is 0.164 e. The second kappa shape index (κ2) is 15.0. The Bertz CT molecular complexity index is 2510. The van der Waals surface area contributed by atoms with Gasteiger partial charge in [-0.05, 0) is 168 Å². The molecule has 0 amide bonds. The first-order valence-corrected chi connectivity index (χ1v) is 23.0. The zero-order valence-electron chi connectivity index (χ0n) is 34.1. The highest BCUT2D eigenvalue weighted by Gasteiger charge is 2.47. The van der Waals surface area contributed by atoms with E-state index in [1.165, 1.54) is 86.1 Å². The average molecular weight is 873 g/mol. The molecule has 0 saturated heterocycles. The minimum absolute atomic E-state index is 0.107. The van der Waals surface area contributed by atoms with Crippen molar-refractivity contribution in [2.45, 2.75) is 99.7 Å². The van der Waals surface area contributed by atoms with Gasteiger partial charge in [0.25, 0.3) is 0 Å². The summed E-state index contributed by atoms with van der Waals surface area (Å²) in [7, 11) is 0. The maximum atomic E-state index is 9.90. The fraction of sp³-hybridized carbons (Fsp3) is 0.396. The number of alkyl halides is 1. The molecular formula is C53H53IN4. The van der Waals surface area contributed by atoms with Gasteiger partial charge in [-0.25, -0.2) is 15.0 Å². The van der Waals surface area contributed by atoms with Gasteiger partial charge in [-0.2, -0.15) is 5.26 Å². The van der Waals surface area contributed by atoms with E-state index in [1.54, 1.807) is 0 Å². The molecule has 4 saturated carbocycles. The van der Waals surface area contributed by atoms with E-state index in [-0.39, 0.29) is 10.8 Å². The van der Waals surface area contributed by atoms with Gasteiger partial charge < -0.3 is 0 Å². The maximum Gasteiger partial charge on any atom is 0.164 e. The number of hydrogen-bond donors (Lipinski definition) is 0. The third-order valence-corrected chi connectivity index (χ3v) is 15.5. The maximum absolute atomic E-state index is 9.90. The van der Waals surface area contributed by atoms with Gasteiger partial charge in [0.05, 0.1) is 11.6 Å². The molecule has 1 heterocycles. The summed E-state index contributed by atoms with van der Waals surface area (Å²) < 4.78 is 0.737. The predicted octanol–water partition coefficient (Wildman–Crippen LogP) is 13.9. The Morgan fingerprint density at radius 2 is 1.09 bits per heavy atom. The lowest BCUT2D eigenvalue weighted by Crippen LogP contribution is -2.43. The van der Waals surface area contributed by atoms with E-state index in [9.17, 15) is 5.26 Å². The van der Waals surface area contributed by atoms with E-state index in [2.05, 4.69) is 140 Å². The average Bonchev–Trinajstić information content (AvgIpc) is 3.22. The van der Waals surface area contributed by atoms with Crippen molar-refractivity contribution in [2.75, 3.05) is 0 Å². The number of benzene rings is 5. The molecule has 5 heteroatoms. The summed E-state index contributed by atoms with van der Waals surface area (Å²) in [4.78, 5) is 16.0. The molecule has 4 aliphatic rings. The minimum atomic E-state index is 0.107. The van der Waals surface area contributed by atoms with Gasteiger partial charge in [0.1, 0.15) is 0 Å². The van der Waals surface area contributed by atoms with Crippen LogP contribution in [0.3, 0.4) is 0 Å². The standard InChI is InChI=1S/C53H53IN4/c1-33-17-37-18-34(2)27-52(26-33,29-37)47-24-44(41-10-6-7-36(20-41)32-55)23-45(25-47)51-57-49(56-50(58-51)43-12-11-39-8-4-5-9-42(39)22-43)40-13-15-46(16-14-40)53-28-35(3)19-38(30-53)21-48(54)31-53/h4-16,20,22-25,33-35,37-38,48H,17-19,21,26-31H2,1-3H3/t33-,34+,35-,37-,38-,48+,52?,53?/m0/s1. The lowest BCUT2D eigenvalue weighted by molar-refractivity contribution is 0.0781. The number of aromatic nitrogens is 3. The van der Waals surface area contributed by atoms with Crippen LogP contribution in [-0.4, -0.2) is 18.9 Å². The Labute approximate surface area is 358 Å². The van der Waals surface area contributed by atoms with Gasteiger partial charge in [0.2, 0.25) is 0 Å². The molecule has 292 valence electrons. The Kier molecular flexibility index (Phi) is 9.79. The van der Waals surface area contributed by atoms with Crippen LogP contribution in [0.4, 0.5) is 0 Å². The lowest BCUT2D eigenvalue weighted by atomic mass is 9.54. The highest BCUT2D eigenvalue weighted by Crippen LogP contribution is 2.56. The Hall–Kier alpha value is -4.41. The summed E-state index contributed by atoms with van der Waals surface area (Å²) in [5.74, 6) is 5.81. The van der Waals surface area contributed by atoms with Crippen molar-refractivity contribution in [2.24, 2.45) is 29.6 Å². The van der Waals surface area contributed by atoms with Crippen molar-refractivity contribution in [3.63, 3.8) is 0 Å². The van der Waals surface area contributed by atoms with Gasteiger partial charge in [-0.15, -0.1) is 0 Å². The lowest BCUT2D eigenvalue weighted by Gasteiger charge is -2.50. The van der Waals surface area contributed by atoms with Crippen molar-refractivity contribution in [1.29, 1.82) is 5.26 Å². The second-order valence-corrected chi connectivity index (χ2v) is 21.1. The van der Waals surface area contributed by atoms with E-state index >= 15 is 0 Å². The number of nitrogens with zero attached hydrogens (tertiary/aromatic N) is 4. The molecule has 10 rings (SSSR count). The highest BCUT2D eigenvalue weighted by atomic mass is 127. The Morgan fingerprint density at radius 3 is 1.78 bits per heavy atom. The summed E-state index contributed by atoms with van der Waals surface area (Å²) >= 11 is 2.72. The highest BCUT2D eigenvalue weighted by molar-refractivity contribution is 14.1. The third-order valence-electron chi connectivity index (χ3n) is 14.5. The molecule has 2 unspecified atom stereocenters. The Balaban J connectivity index is 1.14. The van der Waals surface area contributed by atoms with Crippen LogP contribution in [0, 0.1) is 40.9 Å². The fourth-order valence-corrected chi connectivity index (χ4v) is 14.3. The number of nitriles is 1. The van der Waals surface area contributed by atoms with Crippen LogP contribution in [0.25, 0.3) is 56.1 Å². The SMILES string of the molecule is C[C@@H]1C[C@@H]2C[C@H](C)CC(c3cc(-c4cccc(C#N)c4)cc(-c4nc(-c5ccc(C67C[C@@H](C)C[C@@H](C[C@@H](I)C6)C7)cc5)nc(-c5ccc6ccccc6c5)n4)c3)(C1)C2. The first kappa shape index (κ1) is 37.8. The van der Waals surface area contributed by atoms with Crippen molar-refractivity contribution in [3.05, 3.63) is 126 Å². The molecule has 4 aliphatic carbocycles.